The minimum absolute atomic E-state index is 0.352. The zero-order valence-electron chi connectivity index (χ0n) is 13.4. The topological polar surface area (TPSA) is 17.1 Å². The highest BCUT2D eigenvalue weighted by atomic mass is 16.1. The molecule has 2 saturated carbocycles. The summed E-state index contributed by atoms with van der Waals surface area (Å²) >= 11 is 0. The van der Waals surface area contributed by atoms with Crippen LogP contribution in [0.2, 0.25) is 0 Å². The van der Waals surface area contributed by atoms with E-state index in [0.717, 1.165) is 31.1 Å². The number of ketones is 1. The molecular formula is C20H26O. The number of fused-ring (bicyclic) bond motifs is 4. The molecule has 0 aromatic carbocycles. The molecule has 0 N–H and O–H groups in total. The molecular weight excluding hydrogens is 256 g/mol. The molecule has 21 heavy (non-hydrogen) atoms. The van der Waals surface area contributed by atoms with Gasteiger partial charge in [-0.15, -0.1) is 0 Å². The van der Waals surface area contributed by atoms with Crippen LogP contribution in [0.3, 0.4) is 0 Å². The molecule has 0 radical (unpaired) electrons. The van der Waals surface area contributed by atoms with Crippen LogP contribution in [0.5, 0.6) is 0 Å². The second kappa shape index (κ2) is 4.69. The van der Waals surface area contributed by atoms with Crippen LogP contribution in [0.1, 0.15) is 65.2 Å². The maximum Gasteiger partial charge on any atom is 0.156 e. The minimum Gasteiger partial charge on any atom is -0.295 e. The van der Waals surface area contributed by atoms with Crippen molar-refractivity contribution in [2.75, 3.05) is 0 Å². The average Bonchev–Trinajstić information content (AvgIpc) is 2.83. The van der Waals surface area contributed by atoms with E-state index in [1.165, 1.54) is 37.7 Å². The van der Waals surface area contributed by atoms with Crippen LogP contribution in [0.25, 0.3) is 0 Å². The summed E-state index contributed by atoms with van der Waals surface area (Å²) in [5.41, 5.74) is 6.93. The molecule has 4 aliphatic rings. The smallest absolute Gasteiger partial charge is 0.156 e. The zero-order valence-corrected chi connectivity index (χ0v) is 13.4. The Labute approximate surface area is 128 Å². The van der Waals surface area contributed by atoms with E-state index < -0.39 is 0 Å². The summed E-state index contributed by atoms with van der Waals surface area (Å²) in [6, 6.07) is 0. The molecule has 4 rings (SSSR count). The second-order valence-corrected chi connectivity index (χ2v) is 7.66. The maximum atomic E-state index is 11.7. The Balaban J connectivity index is 1.75. The molecule has 0 aromatic heterocycles. The number of carbonyl (C=O) groups excluding carboxylic acids is 1. The van der Waals surface area contributed by atoms with Crippen molar-refractivity contribution in [3.8, 4) is 0 Å². The Morgan fingerprint density at radius 1 is 1.14 bits per heavy atom. The second-order valence-electron chi connectivity index (χ2n) is 7.66. The molecule has 2 unspecified atom stereocenters. The van der Waals surface area contributed by atoms with Gasteiger partial charge in [-0.1, -0.05) is 24.1 Å². The normalized spacial score (nSPS) is 40.8. The lowest BCUT2D eigenvalue weighted by atomic mass is 9.57. The van der Waals surface area contributed by atoms with Crippen LogP contribution >= 0.6 is 0 Å². The van der Waals surface area contributed by atoms with Gasteiger partial charge in [-0.25, -0.2) is 0 Å². The van der Waals surface area contributed by atoms with E-state index in [-0.39, 0.29) is 0 Å². The van der Waals surface area contributed by atoms with Crippen molar-refractivity contribution in [3.63, 3.8) is 0 Å². The largest absolute Gasteiger partial charge is 0.295 e. The Kier molecular flexibility index (Phi) is 3.03. The first kappa shape index (κ1) is 13.5. The van der Waals surface area contributed by atoms with E-state index in [2.05, 4.69) is 19.9 Å². The summed E-state index contributed by atoms with van der Waals surface area (Å²) in [4.78, 5) is 11.7. The highest BCUT2D eigenvalue weighted by molar-refractivity contribution is 5.93. The number of hydrogen-bond donors (Lipinski definition) is 0. The van der Waals surface area contributed by atoms with Gasteiger partial charge < -0.3 is 0 Å². The molecule has 0 aromatic rings. The summed E-state index contributed by atoms with van der Waals surface area (Å²) in [6.45, 7) is 4.75. The van der Waals surface area contributed by atoms with Gasteiger partial charge in [0.25, 0.3) is 0 Å². The summed E-state index contributed by atoms with van der Waals surface area (Å²) in [7, 11) is 0. The average molecular weight is 282 g/mol. The summed E-state index contributed by atoms with van der Waals surface area (Å²) in [5.74, 6) is 2.02. The van der Waals surface area contributed by atoms with Gasteiger partial charge in [0.05, 0.1) is 0 Å². The van der Waals surface area contributed by atoms with Gasteiger partial charge >= 0.3 is 0 Å². The lowest BCUT2D eigenvalue weighted by molar-refractivity contribution is -0.114. The van der Waals surface area contributed by atoms with E-state index in [1.54, 1.807) is 16.7 Å². The first-order chi connectivity index (χ1) is 10.1. The molecule has 0 heterocycles. The lowest BCUT2D eigenvalue weighted by Crippen LogP contribution is -2.37. The van der Waals surface area contributed by atoms with Crippen LogP contribution in [0.4, 0.5) is 0 Å². The Hall–Kier alpha value is -1.11. The Morgan fingerprint density at radius 3 is 2.81 bits per heavy atom. The summed E-state index contributed by atoms with van der Waals surface area (Å²) < 4.78 is 0. The SMILES string of the molecule is C/C=C1/CCC2C3CCC4=CC(=O)CCC4=C3CC[C@]12C. The molecule has 0 saturated heterocycles. The van der Waals surface area contributed by atoms with Crippen LogP contribution in [0.15, 0.2) is 34.4 Å². The zero-order chi connectivity index (χ0) is 14.6. The first-order valence-corrected chi connectivity index (χ1v) is 8.75. The van der Waals surface area contributed by atoms with Gasteiger partial charge in [0.2, 0.25) is 0 Å². The standard InChI is InChI=1S/C20H26O/c1-3-14-5-9-19-18-7-4-13-12-15(21)6-8-16(13)17(18)10-11-20(14,19)2/h3,12,18-19H,4-11H2,1-2H3/b14-3-/t18?,19?,20-/m1/s1. The van der Waals surface area contributed by atoms with Gasteiger partial charge in [-0.05, 0) is 86.3 Å². The predicted octanol–water partition coefficient (Wildman–Crippen LogP) is 5.14. The van der Waals surface area contributed by atoms with Crippen LogP contribution in [0, 0.1) is 17.3 Å². The molecule has 1 nitrogen and oxygen atoms in total. The lowest BCUT2D eigenvalue weighted by Gasteiger charge is -2.47. The minimum atomic E-state index is 0.352. The molecule has 3 atom stereocenters. The summed E-state index contributed by atoms with van der Waals surface area (Å²) in [6.07, 6.45) is 13.9. The quantitative estimate of drug-likeness (QED) is 0.562. The van der Waals surface area contributed by atoms with Crippen molar-refractivity contribution in [3.05, 3.63) is 34.4 Å². The molecule has 112 valence electrons. The molecule has 4 aliphatic carbocycles. The third kappa shape index (κ3) is 1.86. The van der Waals surface area contributed by atoms with E-state index in [1.807, 2.05) is 6.08 Å². The van der Waals surface area contributed by atoms with E-state index in [0.29, 0.717) is 11.2 Å². The number of carbonyl (C=O) groups is 1. The fourth-order valence-corrected chi connectivity index (χ4v) is 5.85. The van der Waals surface area contributed by atoms with Gasteiger partial charge in [-0.3, -0.25) is 4.79 Å². The van der Waals surface area contributed by atoms with Crippen molar-refractivity contribution in [2.45, 2.75) is 65.2 Å². The number of rotatable bonds is 0. The number of hydrogen-bond acceptors (Lipinski definition) is 1. The van der Waals surface area contributed by atoms with Gasteiger partial charge in [0.1, 0.15) is 0 Å². The predicted molar refractivity (Wildman–Crippen MR) is 85.9 cm³/mol. The van der Waals surface area contributed by atoms with Gasteiger partial charge in [0.15, 0.2) is 5.78 Å². The molecule has 0 bridgehead atoms. The van der Waals surface area contributed by atoms with Crippen LogP contribution < -0.4 is 0 Å². The maximum absolute atomic E-state index is 11.7. The van der Waals surface area contributed by atoms with Crippen LogP contribution in [-0.2, 0) is 4.79 Å². The Morgan fingerprint density at radius 2 is 2.00 bits per heavy atom. The molecule has 0 aliphatic heterocycles. The van der Waals surface area contributed by atoms with E-state index in [4.69, 9.17) is 0 Å². The van der Waals surface area contributed by atoms with Gasteiger partial charge in [-0.2, -0.15) is 0 Å². The highest BCUT2D eigenvalue weighted by Crippen LogP contribution is 2.61. The van der Waals surface area contributed by atoms with Gasteiger partial charge in [0, 0.05) is 6.42 Å². The summed E-state index contributed by atoms with van der Waals surface area (Å²) in [5, 5.41) is 0. The fourth-order valence-electron chi connectivity index (χ4n) is 5.85. The third-order valence-corrected chi connectivity index (χ3v) is 6.93. The van der Waals surface area contributed by atoms with E-state index in [9.17, 15) is 4.79 Å². The monoisotopic (exact) mass is 282 g/mol. The van der Waals surface area contributed by atoms with Crippen molar-refractivity contribution in [1.82, 2.24) is 0 Å². The van der Waals surface area contributed by atoms with E-state index >= 15 is 0 Å². The molecule has 2 fully saturated rings. The van der Waals surface area contributed by atoms with Crippen molar-refractivity contribution in [1.29, 1.82) is 0 Å². The molecule has 0 amide bonds. The molecule has 0 spiro atoms. The van der Waals surface area contributed by atoms with Crippen molar-refractivity contribution < 1.29 is 4.79 Å². The highest BCUT2D eigenvalue weighted by Gasteiger charge is 2.50. The Bertz CT molecular complexity index is 589. The first-order valence-electron chi connectivity index (χ1n) is 8.75. The van der Waals surface area contributed by atoms with Crippen molar-refractivity contribution >= 4 is 5.78 Å². The van der Waals surface area contributed by atoms with Crippen LogP contribution in [-0.4, -0.2) is 5.78 Å². The fraction of sp³-hybridized carbons (Fsp3) is 0.650. The molecule has 1 heteroatoms. The van der Waals surface area contributed by atoms with Crippen molar-refractivity contribution in [2.24, 2.45) is 17.3 Å². The number of allylic oxidation sites excluding steroid dienone is 6. The third-order valence-electron chi connectivity index (χ3n) is 6.93.